The standard InChI is InChI=1S/C15H22N2O3S/c1-12(11-20-3)17(9-10-19-2)15(18)14-7-6-13(21-14)5-4-8-16/h6-7,12H,8-11,16H2,1-3H3. The first-order chi connectivity index (χ1) is 10.1. The highest BCUT2D eigenvalue weighted by atomic mass is 32.1. The number of amides is 1. The Kier molecular flexibility index (Phi) is 8.01. The molecule has 0 aliphatic carbocycles. The average Bonchev–Trinajstić information content (AvgIpc) is 2.94. The van der Waals surface area contributed by atoms with Crippen molar-refractivity contribution in [3.8, 4) is 11.8 Å². The zero-order valence-corrected chi connectivity index (χ0v) is 13.5. The highest BCUT2D eigenvalue weighted by Gasteiger charge is 2.22. The molecule has 0 fully saturated rings. The van der Waals surface area contributed by atoms with Gasteiger partial charge in [-0.2, -0.15) is 0 Å². The van der Waals surface area contributed by atoms with Crippen molar-refractivity contribution in [1.82, 2.24) is 4.90 Å². The van der Waals surface area contributed by atoms with Gasteiger partial charge in [0.1, 0.15) is 0 Å². The maximum atomic E-state index is 12.6. The molecule has 116 valence electrons. The van der Waals surface area contributed by atoms with Crippen molar-refractivity contribution < 1.29 is 14.3 Å². The Bertz CT molecular complexity index is 505. The Labute approximate surface area is 130 Å². The highest BCUT2D eigenvalue weighted by Crippen LogP contribution is 2.19. The molecule has 21 heavy (non-hydrogen) atoms. The molecule has 6 heteroatoms. The summed E-state index contributed by atoms with van der Waals surface area (Å²) in [5, 5.41) is 0. The molecule has 0 aliphatic heterocycles. The minimum absolute atomic E-state index is 0.0154. The maximum absolute atomic E-state index is 12.6. The summed E-state index contributed by atoms with van der Waals surface area (Å²) in [5.41, 5.74) is 5.35. The second-order valence-corrected chi connectivity index (χ2v) is 5.55. The molecule has 1 aromatic rings. The van der Waals surface area contributed by atoms with Crippen molar-refractivity contribution in [2.75, 3.05) is 40.5 Å². The molecule has 1 aromatic heterocycles. The molecule has 0 aliphatic rings. The SMILES string of the molecule is COCCN(C(=O)c1ccc(C#CCN)s1)C(C)COC. The lowest BCUT2D eigenvalue weighted by atomic mass is 10.2. The van der Waals surface area contributed by atoms with Crippen molar-refractivity contribution in [2.24, 2.45) is 5.73 Å². The van der Waals surface area contributed by atoms with Crippen LogP contribution in [0, 0.1) is 11.8 Å². The number of carbonyl (C=O) groups excluding carboxylic acids is 1. The van der Waals surface area contributed by atoms with E-state index in [1.54, 1.807) is 25.2 Å². The molecule has 1 atom stereocenters. The van der Waals surface area contributed by atoms with Gasteiger partial charge >= 0.3 is 0 Å². The molecule has 0 spiro atoms. The molecule has 0 saturated heterocycles. The first-order valence-corrected chi connectivity index (χ1v) is 7.53. The van der Waals surface area contributed by atoms with Crippen molar-refractivity contribution in [3.05, 3.63) is 21.9 Å². The van der Waals surface area contributed by atoms with Gasteiger partial charge in [-0.05, 0) is 19.1 Å². The van der Waals surface area contributed by atoms with E-state index in [0.717, 1.165) is 4.88 Å². The highest BCUT2D eigenvalue weighted by molar-refractivity contribution is 7.14. The summed E-state index contributed by atoms with van der Waals surface area (Å²) < 4.78 is 10.2. The van der Waals surface area contributed by atoms with Crippen LogP contribution in [0.25, 0.3) is 0 Å². The molecule has 1 amide bonds. The summed E-state index contributed by atoms with van der Waals surface area (Å²) in [6.45, 7) is 3.78. The van der Waals surface area contributed by atoms with Gasteiger partial charge in [-0.3, -0.25) is 4.79 Å². The molecule has 1 heterocycles. The number of methoxy groups -OCH3 is 2. The van der Waals surface area contributed by atoms with Crippen molar-refractivity contribution in [1.29, 1.82) is 0 Å². The summed E-state index contributed by atoms with van der Waals surface area (Å²) in [6, 6.07) is 3.63. The lowest BCUT2D eigenvalue weighted by Crippen LogP contribution is -2.42. The van der Waals surface area contributed by atoms with Gasteiger partial charge in [0.25, 0.3) is 5.91 Å². The normalized spacial score (nSPS) is 11.6. The average molecular weight is 310 g/mol. The fraction of sp³-hybridized carbons (Fsp3) is 0.533. The van der Waals surface area contributed by atoms with E-state index < -0.39 is 0 Å². The smallest absolute Gasteiger partial charge is 0.264 e. The van der Waals surface area contributed by atoms with Gasteiger partial charge in [-0.15, -0.1) is 11.3 Å². The Balaban J connectivity index is 2.85. The van der Waals surface area contributed by atoms with Crippen LogP contribution >= 0.6 is 11.3 Å². The Morgan fingerprint density at radius 3 is 2.81 bits per heavy atom. The van der Waals surface area contributed by atoms with Crippen molar-refractivity contribution in [2.45, 2.75) is 13.0 Å². The number of rotatable bonds is 7. The van der Waals surface area contributed by atoms with Crippen LogP contribution in [-0.4, -0.2) is 57.4 Å². The zero-order chi connectivity index (χ0) is 15.7. The van der Waals surface area contributed by atoms with Gasteiger partial charge in [0.2, 0.25) is 0 Å². The van der Waals surface area contributed by atoms with Crippen LogP contribution in [0.3, 0.4) is 0 Å². The summed E-state index contributed by atoms with van der Waals surface area (Å²) in [7, 11) is 3.25. The minimum Gasteiger partial charge on any atom is -0.383 e. The van der Waals surface area contributed by atoms with Gasteiger partial charge in [0, 0.05) is 20.8 Å². The first kappa shape index (κ1) is 17.7. The number of nitrogens with zero attached hydrogens (tertiary/aromatic N) is 1. The predicted molar refractivity (Wildman–Crippen MR) is 84.5 cm³/mol. The minimum atomic E-state index is -0.0256. The molecule has 5 nitrogen and oxygen atoms in total. The molecule has 0 radical (unpaired) electrons. The lowest BCUT2D eigenvalue weighted by Gasteiger charge is -2.28. The van der Waals surface area contributed by atoms with E-state index >= 15 is 0 Å². The first-order valence-electron chi connectivity index (χ1n) is 6.71. The quantitative estimate of drug-likeness (QED) is 0.768. The Morgan fingerprint density at radius 1 is 1.43 bits per heavy atom. The molecule has 0 aromatic carbocycles. The van der Waals surface area contributed by atoms with E-state index in [0.29, 0.717) is 31.2 Å². The third-order valence-corrected chi connectivity index (χ3v) is 3.86. The predicted octanol–water partition coefficient (Wildman–Crippen LogP) is 1.18. The van der Waals surface area contributed by atoms with Gasteiger partial charge < -0.3 is 20.1 Å². The second-order valence-electron chi connectivity index (χ2n) is 4.47. The summed E-state index contributed by atoms with van der Waals surface area (Å²) in [5.74, 6) is 5.70. The van der Waals surface area contributed by atoms with Gasteiger partial charge in [0.15, 0.2) is 0 Å². The Morgan fingerprint density at radius 2 is 2.19 bits per heavy atom. The fourth-order valence-corrected chi connectivity index (χ4v) is 2.68. The van der Waals surface area contributed by atoms with E-state index in [4.69, 9.17) is 15.2 Å². The molecular weight excluding hydrogens is 288 g/mol. The monoisotopic (exact) mass is 310 g/mol. The van der Waals surface area contributed by atoms with Crippen LogP contribution in [0.1, 0.15) is 21.5 Å². The van der Waals surface area contributed by atoms with E-state index in [9.17, 15) is 4.79 Å². The number of ether oxygens (including phenoxy) is 2. The molecule has 1 rings (SSSR count). The summed E-state index contributed by atoms with van der Waals surface area (Å²) in [6.07, 6.45) is 0. The maximum Gasteiger partial charge on any atom is 0.264 e. The number of hydrogen-bond acceptors (Lipinski definition) is 5. The van der Waals surface area contributed by atoms with Crippen LogP contribution in [0.5, 0.6) is 0 Å². The van der Waals surface area contributed by atoms with Crippen molar-refractivity contribution in [3.63, 3.8) is 0 Å². The molecule has 2 N–H and O–H groups in total. The molecule has 0 bridgehead atoms. The largest absolute Gasteiger partial charge is 0.383 e. The van der Waals surface area contributed by atoms with Crippen LogP contribution in [0.15, 0.2) is 12.1 Å². The number of carbonyl (C=O) groups is 1. The van der Waals surface area contributed by atoms with Crippen LogP contribution in [0.2, 0.25) is 0 Å². The molecular formula is C15H22N2O3S. The van der Waals surface area contributed by atoms with E-state index in [-0.39, 0.29) is 11.9 Å². The van der Waals surface area contributed by atoms with Gasteiger partial charge in [0.05, 0.1) is 35.6 Å². The topological polar surface area (TPSA) is 64.8 Å². The Hall–Kier alpha value is -1.39. The van der Waals surface area contributed by atoms with Gasteiger partial charge in [-0.25, -0.2) is 0 Å². The fourth-order valence-electron chi connectivity index (χ4n) is 1.84. The number of nitrogens with two attached hydrogens (primary N) is 1. The van der Waals surface area contributed by atoms with Crippen LogP contribution < -0.4 is 5.73 Å². The van der Waals surface area contributed by atoms with Crippen molar-refractivity contribution >= 4 is 17.2 Å². The summed E-state index contributed by atoms with van der Waals surface area (Å²) >= 11 is 1.38. The third kappa shape index (κ3) is 5.48. The van der Waals surface area contributed by atoms with Gasteiger partial charge in [-0.1, -0.05) is 11.8 Å². The number of hydrogen-bond donors (Lipinski definition) is 1. The molecule has 1 unspecified atom stereocenters. The third-order valence-electron chi connectivity index (χ3n) is 2.87. The van der Waals surface area contributed by atoms with Crippen LogP contribution in [-0.2, 0) is 9.47 Å². The van der Waals surface area contributed by atoms with E-state index in [1.165, 1.54) is 11.3 Å². The number of thiophene rings is 1. The summed E-state index contributed by atoms with van der Waals surface area (Å²) in [4.78, 5) is 15.9. The zero-order valence-electron chi connectivity index (χ0n) is 12.7. The van der Waals surface area contributed by atoms with Crippen LogP contribution in [0.4, 0.5) is 0 Å². The van der Waals surface area contributed by atoms with E-state index in [1.807, 2.05) is 13.0 Å². The molecule has 0 saturated carbocycles. The lowest BCUT2D eigenvalue weighted by molar-refractivity contribution is 0.0484. The van der Waals surface area contributed by atoms with E-state index in [2.05, 4.69) is 11.8 Å². The second kappa shape index (κ2) is 9.53.